The lowest BCUT2D eigenvalue weighted by Crippen LogP contribution is -2.21. The van der Waals surface area contributed by atoms with E-state index in [9.17, 15) is 4.79 Å². The van der Waals surface area contributed by atoms with Crippen LogP contribution in [0.25, 0.3) is 10.2 Å². The van der Waals surface area contributed by atoms with Crippen molar-refractivity contribution in [3.63, 3.8) is 0 Å². The van der Waals surface area contributed by atoms with E-state index in [1.54, 1.807) is 0 Å². The lowest BCUT2D eigenvalue weighted by Gasteiger charge is -2.22. The molecule has 0 aliphatic carbocycles. The minimum atomic E-state index is -0.296. The van der Waals surface area contributed by atoms with Gasteiger partial charge in [-0.3, -0.25) is 0 Å². The van der Waals surface area contributed by atoms with Gasteiger partial charge in [0.25, 0.3) is 0 Å². The first kappa shape index (κ1) is 22.0. The highest BCUT2D eigenvalue weighted by Crippen LogP contribution is 2.35. The minimum Gasteiger partial charge on any atom is -0.461 e. The average Bonchev–Trinajstić information content (AvgIpc) is 3.06. The lowest BCUT2D eigenvalue weighted by atomic mass is 10.1. The molecule has 0 fully saturated rings. The summed E-state index contributed by atoms with van der Waals surface area (Å²) in [5.74, 6) is 0.702. The number of hydrogen-bond donors (Lipinski definition) is 1. The molecule has 160 valence electrons. The van der Waals surface area contributed by atoms with Gasteiger partial charge in [0, 0.05) is 24.5 Å². The van der Waals surface area contributed by atoms with Gasteiger partial charge < -0.3 is 15.0 Å². The predicted octanol–water partition coefficient (Wildman–Crippen LogP) is 5.71. The van der Waals surface area contributed by atoms with Gasteiger partial charge in [-0.1, -0.05) is 13.8 Å². The van der Waals surface area contributed by atoms with Crippen molar-refractivity contribution in [3.05, 3.63) is 40.5 Å². The number of anilines is 3. The largest absolute Gasteiger partial charge is 0.461 e. The number of carbonyl (C=O) groups is 1. The number of fused-ring (bicyclic) bond motifs is 1. The second-order valence-corrected chi connectivity index (χ2v) is 8.75. The monoisotopic (exact) mass is 426 g/mol. The molecule has 0 aliphatic rings. The second kappa shape index (κ2) is 9.43. The summed E-state index contributed by atoms with van der Waals surface area (Å²) in [7, 11) is 0. The Hall–Kier alpha value is -2.67. The van der Waals surface area contributed by atoms with Gasteiger partial charge in [0.05, 0.1) is 12.0 Å². The van der Waals surface area contributed by atoms with Gasteiger partial charge >= 0.3 is 5.97 Å². The van der Waals surface area contributed by atoms with Crippen LogP contribution in [0, 0.1) is 19.8 Å². The van der Waals surface area contributed by atoms with Crippen LogP contribution in [0.2, 0.25) is 0 Å². The molecule has 1 aromatic carbocycles. The Kier molecular flexibility index (Phi) is 6.92. The Morgan fingerprint density at radius 3 is 2.57 bits per heavy atom. The van der Waals surface area contributed by atoms with Crippen LogP contribution in [0.15, 0.2) is 24.5 Å². The fourth-order valence-electron chi connectivity index (χ4n) is 3.37. The van der Waals surface area contributed by atoms with Gasteiger partial charge in [-0.05, 0) is 62.9 Å². The molecule has 7 heteroatoms. The third kappa shape index (κ3) is 4.56. The van der Waals surface area contributed by atoms with Crippen LogP contribution in [-0.2, 0) is 4.74 Å². The van der Waals surface area contributed by atoms with Gasteiger partial charge in [0.2, 0.25) is 0 Å². The molecule has 0 saturated heterocycles. The van der Waals surface area contributed by atoms with E-state index in [1.807, 2.05) is 20.8 Å². The summed E-state index contributed by atoms with van der Waals surface area (Å²) in [6.45, 7) is 14.7. The molecular formula is C23H30N4O2S. The van der Waals surface area contributed by atoms with E-state index in [-0.39, 0.29) is 5.97 Å². The normalized spacial score (nSPS) is 11.2. The van der Waals surface area contributed by atoms with Crippen LogP contribution in [0.4, 0.5) is 17.2 Å². The third-order valence-electron chi connectivity index (χ3n) is 5.05. The van der Waals surface area contributed by atoms with Gasteiger partial charge in [-0.15, -0.1) is 11.3 Å². The molecule has 6 nitrogen and oxygen atoms in total. The molecule has 0 atom stereocenters. The topological polar surface area (TPSA) is 67.3 Å². The molecule has 2 aromatic heterocycles. The van der Waals surface area contributed by atoms with Crippen molar-refractivity contribution in [1.82, 2.24) is 9.97 Å². The van der Waals surface area contributed by atoms with Crippen LogP contribution in [-0.4, -0.2) is 35.6 Å². The fraction of sp³-hybridized carbons (Fsp3) is 0.435. The predicted molar refractivity (Wildman–Crippen MR) is 125 cm³/mol. The summed E-state index contributed by atoms with van der Waals surface area (Å²) in [5, 5.41) is 4.31. The summed E-state index contributed by atoms with van der Waals surface area (Å²) < 4.78 is 5.43. The van der Waals surface area contributed by atoms with Crippen LogP contribution in [0.1, 0.15) is 48.5 Å². The van der Waals surface area contributed by atoms with Crippen molar-refractivity contribution in [2.45, 2.75) is 41.5 Å². The zero-order valence-corrected chi connectivity index (χ0v) is 19.4. The number of nitrogens with one attached hydrogen (secondary N) is 1. The Labute approximate surface area is 182 Å². The second-order valence-electron chi connectivity index (χ2n) is 7.75. The van der Waals surface area contributed by atoms with Gasteiger partial charge in [0.1, 0.15) is 21.9 Å². The number of aromatic nitrogens is 2. The average molecular weight is 427 g/mol. The third-order valence-corrected chi connectivity index (χ3v) is 6.23. The maximum Gasteiger partial charge on any atom is 0.348 e. The number of thiophene rings is 1. The molecule has 1 N–H and O–H groups in total. The molecule has 3 aromatic rings. The number of carbonyl (C=O) groups excluding carboxylic acids is 1. The van der Waals surface area contributed by atoms with Crippen LogP contribution >= 0.6 is 11.3 Å². The van der Waals surface area contributed by atoms with Crippen molar-refractivity contribution >= 4 is 44.7 Å². The number of hydrogen-bond acceptors (Lipinski definition) is 7. The number of nitrogens with zero attached hydrogens (tertiary/aromatic N) is 3. The number of aryl methyl sites for hydroxylation is 2. The quantitative estimate of drug-likeness (QED) is 0.465. The maximum atomic E-state index is 12.5. The SMILES string of the molecule is CCN(CC)c1ccc(Nc2ncnc3sc(C(=O)OCC(C)C)c(C)c23)c(C)c1. The van der Waals surface area contributed by atoms with E-state index in [0.717, 1.165) is 40.1 Å². The van der Waals surface area contributed by atoms with Gasteiger partial charge in [-0.2, -0.15) is 0 Å². The number of esters is 1. The van der Waals surface area contributed by atoms with E-state index in [1.165, 1.54) is 23.4 Å². The molecule has 30 heavy (non-hydrogen) atoms. The van der Waals surface area contributed by atoms with Gasteiger partial charge in [0.15, 0.2) is 0 Å². The number of ether oxygens (including phenoxy) is 1. The lowest BCUT2D eigenvalue weighted by molar-refractivity contribution is 0.0464. The molecular weight excluding hydrogens is 396 g/mol. The number of benzene rings is 1. The van der Waals surface area contributed by atoms with E-state index in [4.69, 9.17) is 4.74 Å². The minimum absolute atomic E-state index is 0.294. The van der Waals surface area contributed by atoms with Crippen LogP contribution in [0.5, 0.6) is 0 Å². The first-order valence-electron chi connectivity index (χ1n) is 10.4. The standard InChI is InChI=1S/C23H30N4O2S/c1-7-27(8-2)17-9-10-18(15(5)11-17)26-21-19-16(6)20(23(28)29-12-14(3)4)30-22(19)25-13-24-21/h9-11,13-14H,7-8,12H2,1-6H3,(H,24,25,26). The van der Waals surface area contributed by atoms with E-state index in [2.05, 4.69) is 59.2 Å². The first-order valence-corrected chi connectivity index (χ1v) is 11.2. The molecule has 0 amide bonds. The van der Waals surface area contributed by atoms with Crippen LogP contribution in [0.3, 0.4) is 0 Å². The van der Waals surface area contributed by atoms with E-state index in [0.29, 0.717) is 23.2 Å². The number of rotatable bonds is 8. The van der Waals surface area contributed by atoms with Gasteiger partial charge in [-0.25, -0.2) is 14.8 Å². The molecule has 0 aliphatic heterocycles. The first-order chi connectivity index (χ1) is 14.3. The molecule has 0 unspecified atom stereocenters. The smallest absolute Gasteiger partial charge is 0.348 e. The summed E-state index contributed by atoms with van der Waals surface area (Å²) in [6.07, 6.45) is 1.53. The zero-order chi connectivity index (χ0) is 21.8. The highest BCUT2D eigenvalue weighted by atomic mass is 32.1. The van der Waals surface area contributed by atoms with Crippen molar-refractivity contribution in [1.29, 1.82) is 0 Å². The van der Waals surface area contributed by atoms with E-state index < -0.39 is 0 Å². The molecule has 3 rings (SSSR count). The Balaban J connectivity index is 1.93. The molecule has 0 bridgehead atoms. The summed E-state index contributed by atoms with van der Waals surface area (Å²) in [5.41, 5.74) is 4.18. The molecule has 2 heterocycles. The highest BCUT2D eigenvalue weighted by Gasteiger charge is 2.21. The Morgan fingerprint density at radius 2 is 1.93 bits per heavy atom. The Bertz CT molecular complexity index is 1040. The van der Waals surface area contributed by atoms with Crippen molar-refractivity contribution in [3.8, 4) is 0 Å². The highest BCUT2D eigenvalue weighted by molar-refractivity contribution is 7.20. The summed E-state index contributed by atoms with van der Waals surface area (Å²) in [4.78, 5) is 25.1. The van der Waals surface area contributed by atoms with Crippen molar-refractivity contribution < 1.29 is 9.53 Å². The zero-order valence-electron chi connectivity index (χ0n) is 18.6. The maximum absolute atomic E-state index is 12.5. The van der Waals surface area contributed by atoms with Crippen molar-refractivity contribution in [2.75, 3.05) is 29.9 Å². The van der Waals surface area contributed by atoms with Crippen molar-refractivity contribution in [2.24, 2.45) is 5.92 Å². The molecule has 0 saturated carbocycles. The van der Waals surface area contributed by atoms with E-state index >= 15 is 0 Å². The molecule has 0 spiro atoms. The van der Waals surface area contributed by atoms with Crippen LogP contribution < -0.4 is 10.2 Å². The Morgan fingerprint density at radius 1 is 1.20 bits per heavy atom. The molecule has 0 radical (unpaired) electrons. The fourth-order valence-corrected chi connectivity index (χ4v) is 4.41. The summed E-state index contributed by atoms with van der Waals surface area (Å²) >= 11 is 1.35. The summed E-state index contributed by atoms with van der Waals surface area (Å²) in [6, 6.07) is 6.38.